The molecule has 42 heavy (non-hydrogen) atoms. The van der Waals surface area contributed by atoms with Gasteiger partial charge < -0.3 is 14.4 Å². The highest BCUT2D eigenvalue weighted by atomic mass is 35.5. The highest BCUT2D eigenvalue weighted by Crippen LogP contribution is 2.38. The maximum absolute atomic E-state index is 11.5. The van der Waals surface area contributed by atoms with Crippen LogP contribution in [-0.2, 0) is 17.7 Å². The monoisotopic (exact) mass is 586 g/mol. The first kappa shape index (κ1) is 28.4. The maximum Gasteiger partial charge on any atom is 0.506 e. The molecule has 0 atom stereocenters. The van der Waals surface area contributed by atoms with Gasteiger partial charge >= 0.3 is 6.16 Å². The Hall–Kier alpha value is -3.75. The van der Waals surface area contributed by atoms with Gasteiger partial charge in [-0.25, -0.2) is 4.79 Å². The molecule has 2 aromatic carbocycles. The topological polar surface area (TPSA) is 102 Å². The normalized spacial score (nSPS) is 17.6. The minimum absolute atomic E-state index is 0.456. The summed E-state index contributed by atoms with van der Waals surface area (Å²) in [5.74, 6) is 1.53. The van der Waals surface area contributed by atoms with Gasteiger partial charge in [0.15, 0.2) is 0 Å². The first-order valence-electron chi connectivity index (χ1n) is 14.7. The largest absolute Gasteiger partial charge is 0.506 e. The van der Waals surface area contributed by atoms with Crippen molar-refractivity contribution in [1.82, 2.24) is 20.0 Å². The van der Waals surface area contributed by atoms with Crippen molar-refractivity contribution in [3.8, 4) is 22.8 Å². The van der Waals surface area contributed by atoms with E-state index in [9.17, 15) is 9.90 Å². The molecule has 1 aliphatic heterocycles. The van der Waals surface area contributed by atoms with Crippen molar-refractivity contribution in [2.24, 2.45) is 0 Å². The summed E-state index contributed by atoms with van der Waals surface area (Å²) >= 11 is 6.68. The zero-order valence-electron chi connectivity index (χ0n) is 23.5. The second kappa shape index (κ2) is 12.6. The Balaban J connectivity index is 1.07. The zero-order valence-corrected chi connectivity index (χ0v) is 24.3. The van der Waals surface area contributed by atoms with E-state index in [0.717, 1.165) is 47.0 Å². The van der Waals surface area contributed by atoms with E-state index in [-0.39, 0.29) is 0 Å². The van der Waals surface area contributed by atoms with Crippen LogP contribution in [0.4, 0.5) is 4.79 Å². The predicted octanol–water partition coefficient (Wildman–Crippen LogP) is 7.77. The lowest BCUT2D eigenvalue weighted by Crippen LogP contribution is -2.48. The predicted molar refractivity (Wildman–Crippen MR) is 160 cm³/mol. The summed E-state index contributed by atoms with van der Waals surface area (Å²) in [5.41, 5.74) is 4.16. The van der Waals surface area contributed by atoms with E-state index in [1.807, 2.05) is 42.5 Å². The van der Waals surface area contributed by atoms with E-state index in [1.54, 1.807) is 6.20 Å². The second-order valence-electron chi connectivity index (χ2n) is 11.5. The Morgan fingerprint density at radius 2 is 1.79 bits per heavy atom. The van der Waals surface area contributed by atoms with Gasteiger partial charge in [0.25, 0.3) is 5.89 Å². The molecule has 2 aromatic heterocycles. The summed E-state index contributed by atoms with van der Waals surface area (Å²) in [6.07, 6.45) is 8.44. The fourth-order valence-corrected chi connectivity index (χ4v) is 6.67. The number of hydrogen-bond acceptors (Lipinski definition) is 7. The minimum atomic E-state index is -1.24. The van der Waals surface area contributed by atoms with E-state index in [2.05, 4.69) is 38.2 Å². The van der Waals surface area contributed by atoms with E-state index in [0.29, 0.717) is 36.9 Å². The summed E-state index contributed by atoms with van der Waals surface area (Å²) in [7, 11) is 0. The van der Waals surface area contributed by atoms with Crippen molar-refractivity contribution in [2.75, 3.05) is 13.1 Å². The van der Waals surface area contributed by atoms with Crippen LogP contribution in [0.5, 0.6) is 0 Å². The quantitative estimate of drug-likeness (QED) is 0.209. The second-order valence-corrected chi connectivity index (χ2v) is 11.9. The number of piperidine rings is 1. The number of rotatable bonds is 8. The molecule has 1 N–H and O–H groups in total. The van der Waals surface area contributed by atoms with Crippen molar-refractivity contribution in [3.05, 3.63) is 88.7 Å². The Morgan fingerprint density at radius 1 is 1.02 bits per heavy atom. The van der Waals surface area contributed by atoms with Crippen LogP contribution in [0.15, 0.2) is 71.4 Å². The molecule has 0 unspecified atom stereocenters. The minimum Gasteiger partial charge on any atom is -0.450 e. The summed E-state index contributed by atoms with van der Waals surface area (Å²) in [4.78, 5) is 22.8. The van der Waals surface area contributed by atoms with Gasteiger partial charge in [0, 0.05) is 66.9 Å². The number of hydrogen-bond donors (Lipinski definition) is 1. The van der Waals surface area contributed by atoms with Crippen LogP contribution >= 0.6 is 11.6 Å². The van der Waals surface area contributed by atoms with Gasteiger partial charge in [-0.3, -0.25) is 9.88 Å². The number of aromatic nitrogens is 3. The lowest BCUT2D eigenvalue weighted by atomic mass is 9.84. The number of likely N-dealkylation sites (tertiary alicyclic amines) is 1. The smallest absolute Gasteiger partial charge is 0.450 e. The SMILES string of the molecule is O=C(O)OC1(Cc2ccccn2)CCN(Cc2ccc(-c3noc(-c4ccc(C5CCCCC5)c(Cl)c4)n3)cc2)CC1. The van der Waals surface area contributed by atoms with E-state index < -0.39 is 11.8 Å². The molecular formula is C33H35ClN4O4. The number of ether oxygens (including phenoxy) is 1. The average Bonchev–Trinajstić information content (AvgIpc) is 3.50. The number of benzene rings is 2. The van der Waals surface area contributed by atoms with Crippen molar-refractivity contribution in [2.45, 2.75) is 69.4 Å². The van der Waals surface area contributed by atoms with Crippen LogP contribution < -0.4 is 0 Å². The molecule has 1 aliphatic carbocycles. The summed E-state index contributed by atoms with van der Waals surface area (Å²) in [5, 5.41) is 14.4. The molecule has 1 saturated carbocycles. The lowest BCUT2D eigenvalue weighted by Gasteiger charge is -2.40. The summed E-state index contributed by atoms with van der Waals surface area (Å²) in [6.45, 7) is 2.23. The van der Waals surface area contributed by atoms with Gasteiger partial charge in [-0.2, -0.15) is 4.98 Å². The number of nitrogens with zero attached hydrogens (tertiary/aromatic N) is 4. The standard InChI is InChI=1S/C33H35ClN4O4/c34-29-20-26(13-14-28(29)24-6-2-1-3-7-24)31-36-30(37-42-31)25-11-9-23(10-12-25)22-38-18-15-33(16-19-38,41-32(39)40)21-27-8-4-5-17-35-27/h4-5,8-14,17,20,24H,1-3,6-7,15-16,18-19,21-22H2,(H,39,40). The molecule has 0 amide bonds. The van der Waals surface area contributed by atoms with Crippen LogP contribution in [-0.4, -0.2) is 50.0 Å². The van der Waals surface area contributed by atoms with Crippen molar-refractivity contribution in [3.63, 3.8) is 0 Å². The van der Waals surface area contributed by atoms with Crippen molar-refractivity contribution in [1.29, 1.82) is 0 Å². The van der Waals surface area contributed by atoms with Crippen LogP contribution in [0.25, 0.3) is 22.8 Å². The van der Waals surface area contributed by atoms with Gasteiger partial charge in [0.2, 0.25) is 5.82 Å². The van der Waals surface area contributed by atoms with Gasteiger partial charge in [0.05, 0.1) is 0 Å². The third kappa shape index (κ3) is 6.66. The van der Waals surface area contributed by atoms with Gasteiger partial charge in [-0.15, -0.1) is 0 Å². The molecule has 8 nitrogen and oxygen atoms in total. The molecule has 0 radical (unpaired) electrons. The highest BCUT2D eigenvalue weighted by molar-refractivity contribution is 6.31. The fraction of sp³-hybridized carbons (Fsp3) is 0.394. The van der Waals surface area contributed by atoms with Crippen LogP contribution in [0.1, 0.15) is 67.7 Å². The molecule has 0 spiro atoms. The molecule has 3 heterocycles. The summed E-state index contributed by atoms with van der Waals surface area (Å²) in [6, 6.07) is 19.9. The van der Waals surface area contributed by atoms with E-state index >= 15 is 0 Å². The molecule has 2 aliphatic rings. The zero-order chi connectivity index (χ0) is 28.9. The third-order valence-electron chi connectivity index (χ3n) is 8.64. The van der Waals surface area contributed by atoms with Crippen LogP contribution in [0.2, 0.25) is 5.02 Å². The number of pyridine rings is 1. The molecule has 0 bridgehead atoms. The Bertz CT molecular complexity index is 1490. The number of carbonyl (C=O) groups is 1. The maximum atomic E-state index is 11.5. The molecule has 6 rings (SSSR count). The molecule has 218 valence electrons. The van der Waals surface area contributed by atoms with Gasteiger partial charge in [-0.05, 0) is 54.2 Å². The average molecular weight is 587 g/mol. The van der Waals surface area contributed by atoms with Crippen molar-refractivity contribution >= 4 is 17.8 Å². The number of halogens is 1. The molecule has 2 fully saturated rings. The first-order chi connectivity index (χ1) is 20.5. The van der Waals surface area contributed by atoms with Crippen molar-refractivity contribution < 1.29 is 19.2 Å². The van der Waals surface area contributed by atoms with E-state index in [4.69, 9.17) is 20.9 Å². The summed E-state index contributed by atoms with van der Waals surface area (Å²) < 4.78 is 11.0. The Labute approximate surface area is 250 Å². The molecular weight excluding hydrogens is 552 g/mol. The Kier molecular flexibility index (Phi) is 8.53. The first-order valence-corrected chi connectivity index (χ1v) is 15.1. The number of carboxylic acid groups (broad SMARTS) is 1. The fourth-order valence-electron chi connectivity index (χ4n) is 6.33. The van der Waals surface area contributed by atoms with Gasteiger partial charge in [-0.1, -0.05) is 72.4 Å². The molecule has 1 saturated heterocycles. The molecule has 4 aromatic rings. The Morgan fingerprint density at radius 3 is 2.48 bits per heavy atom. The third-order valence-corrected chi connectivity index (χ3v) is 8.96. The van der Waals surface area contributed by atoms with Crippen LogP contribution in [0.3, 0.4) is 0 Å². The molecule has 9 heteroatoms. The lowest BCUT2D eigenvalue weighted by molar-refractivity contribution is -0.0575. The van der Waals surface area contributed by atoms with Crippen LogP contribution in [0, 0.1) is 0 Å². The van der Waals surface area contributed by atoms with E-state index in [1.165, 1.54) is 37.7 Å². The highest BCUT2D eigenvalue weighted by Gasteiger charge is 2.39. The van der Waals surface area contributed by atoms with Gasteiger partial charge in [0.1, 0.15) is 5.60 Å².